The van der Waals surface area contributed by atoms with Gasteiger partial charge in [0.2, 0.25) is 0 Å². The topological polar surface area (TPSA) is 0 Å². The molecule has 0 aromatic rings. The molecule has 0 aromatic carbocycles. The minimum atomic E-state index is -3.92. The van der Waals surface area contributed by atoms with E-state index in [4.69, 9.17) is 0 Å². The molecule has 0 N–H and O–H groups in total. The van der Waals surface area contributed by atoms with Gasteiger partial charge in [-0.1, -0.05) is 0 Å². The van der Waals surface area contributed by atoms with E-state index in [1.165, 1.54) is 0 Å². The van der Waals surface area contributed by atoms with Gasteiger partial charge < -0.3 is 5.92 Å². The maximum Gasteiger partial charge on any atom is 0.387 e. The molecule has 0 unspecified atom stereocenters. The van der Waals surface area contributed by atoms with Crippen LogP contribution in [0.4, 0.5) is 13.2 Å². The molecule has 5 heteroatoms. The maximum atomic E-state index is 11.9. The molecule has 0 atom stereocenters. The van der Waals surface area contributed by atoms with Crippen LogP contribution in [0.2, 0.25) is 0 Å². The monoisotopic (exact) mass is 327 g/mol. The second kappa shape index (κ2) is 3.13. The second-order valence-electron chi connectivity index (χ2n) is 3.06. The number of alkyl halides is 3. The van der Waals surface area contributed by atoms with Gasteiger partial charge in [0, 0.05) is 19.5 Å². The fourth-order valence-electron chi connectivity index (χ4n) is 1.58. The molecule has 62 valence electrons. The zero-order valence-corrected chi connectivity index (χ0v) is 11.2. The van der Waals surface area contributed by atoms with Crippen LogP contribution in [0.5, 0.6) is 0 Å². The fourth-order valence-corrected chi connectivity index (χ4v) is 1.58. The maximum absolute atomic E-state index is 11.9. The van der Waals surface area contributed by atoms with Crippen LogP contribution in [0.15, 0.2) is 0 Å². The molecule has 0 radical (unpaired) electrons. The van der Waals surface area contributed by atoms with Crippen molar-refractivity contribution in [1.82, 2.24) is 0 Å². The van der Waals surface area contributed by atoms with Crippen molar-refractivity contribution in [2.45, 2.75) is 25.4 Å². The predicted octanol–water partition coefficient (Wildman–Crippen LogP) is 2.92. The van der Waals surface area contributed by atoms with Crippen molar-refractivity contribution in [3.05, 3.63) is 5.92 Å². The van der Waals surface area contributed by atoms with E-state index in [9.17, 15) is 13.2 Å². The quantitative estimate of drug-likeness (QED) is 0.364. The van der Waals surface area contributed by atoms with E-state index in [1.54, 1.807) is 0 Å². The van der Waals surface area contributed by atoms with Crippen molar-refractivity contribution < 1.29 is 32.6 Å². The van der Waals surface area contributed by atoms with E-state index in [1.807, 2.05) is 0 Å². The molecule has 0 saturated heterocycles. The summed E-state index contributed by atoms with van der Waals surface area (Å²) in [6.07, 6.45) is -2.93. The van der Waals surface area contributed by atoms with Crippen molar-refractivity contribution >= 4 is 24.0 Å². The van der Waals surface area contributed by atoms with Gasteiger partial charge in [-0.2, -0.15) is 32.4 Å². The Balaban J connectivity index is 0.000000500. The first kappa shape index (κ1) is 12.1. The third kappa shape index (κ3) is 1.47. The number of rotatable bonds is 0. The van der Waals surface area contributed by atoms with Gasteiger partial charge in [0.15, 0.2) is 0 Å². The van der Waals surface area contributed by atoms with E-state index in [2.05, 4.69) is 0 Å². The number of hydrogen-bond donors (Lipinski definition) is 0. The Morgan fingerprint density at radius 2 is 1.45 bits per heavy atom. The van der Waals surface area contributed by atoms with E-state index >= 15 is 0 Å². The Hall–Kier alpha value is 1.14. The van der Waals surface area contributed by atoms with Gasteiger partial charge >= 0.3 is 6.18 Å². The molecule has 2 bridgehead atoms. The van der Waals surface area contributed by atoms with E-state index in [0.29, 0.717) is 19.3 Å². The minimum Gasteiger partial charge on any atom is -0.312 e. The van der Waals surface area contributed by atoms with E-state index < -0.39 is 11.6 Å². The van der Waals surface area contributed by atoms with Gasteiger partial charge in [-0.25, -0.2) is 0 Å². The summed E-state index contributed by atoms with van der Waals surface area (Å²) in [6.45, 7) is 0. The Morgan fingerprint density at radius 3 is 1.45 bits per heavy atom. The molecule has 3 aliphatic rings. The summed E-state index contributed by atoms with van der Waals surface area (Å²) in [6, 6.07) is 0. The van der Waals surface area contributed by atoms with Gasteiger partial charge in [-0.05, 0) is 5.41 Å². The average Bonchev–Trinajstić information content (AvgIpc) is 1.08. The summed E-state index contributed by atoms with van der Waals surface area (Å²) in [4.78, 5) is 0. The van der Waals surface area contributed by atoms with Crippen LogP contribution in [-0.2, 0) is 19.5 Å². The minimum absolute atomic E-state index is 0. The van der Waals surface area contributed by atoms with Crippen LogP contribution in [0, 0.1) is 11.3 Å². The molecular formula is C6H7F3IZn-. The summed E-state index contributed by atoms with van der Waals surface area (Å²) in [5, 5.41) is 0. The van der Waals surface area contributed by atoms with Crippen LogP contribution in [-0.4, -0.2) is 6.18 Å². The van der Waals surface area contributed by atoms with Gasteiger partial charge in [0.05, 0.1) is 0 Å². The molecule has 3 aliphatic carbocycles. The summed E-state index contributed by atoms with van der Waals surface area (Å²) in [5.41, 5.74) is -1.23. The van der Waals surface area contributed by atoms with E-state index in [-0.39, 0.29) is 43.5 Å². The van der Waals surface area contributed by atoms with Crippen LogP contribution in [0.25, 0.3) is 0 Å². The molecule has 0 aromatic heterocycles. The van der Waals surface area contributed by atoms with Crippen LogP contribution in [0.1, 0.15) is 19.3 Å². The van der Waals surface area contributed by atoms with Crippen molar-refractivity contribution in [2.24, 2.45) is 5.41 Å². The molecule has 3 saturated carbocycles. The van der Waals surface area contributed by atoms with E-state index in [0.717, 1.165) is 5.92 Å². The van der Waals surface area contributed by atoms with Gasteiger partial charge in [0.25, 0.3) is 0 Å². The molecule has 0 amide bonds. The summed E-state index contributed by atoms with van der Waals surface area (Å²) in [7, 11) is 0. The van der Waals surface area contributed by atoms with Crippen molar-refractivity contribution in [3.8, 4) is 0 Å². The van der Waals surface area contributed by atoms with Crippen LogP contribution < -0.4 is 0 Å². The first-order chi connectivity index (χ1) is 4.04. The third-order valence-electron chi connectivity index (χ3n) is 2.37. The van der Waals surface area contributed by atoms with Crippen LogP contribution >= 0.6 is 24.0 Å². The SMILES string of the molecule is FC(F)(F)C12C[C-](C1)C2.I.[Zn]. The molecule has 0 nitrogen and oxygen atoms in total. The predicted molar refractivity (Wildman–Crippen MR) is 41.0 cm³/mol. The summed E-state index contributed by atoms with van der Waals surface area (Å²) in [5.74, 6) is 1.10. The molecule has 0 heterocycles. The first-order valence-corrected chi connectivity index (χ1v) is 2.94. The Morgan fingerprint density at radius 1 is 1.09 bits per heavy atom. The molecule has 0 aliphatic heterocycles. The first-order valence-electron chi connectivity index (χ1n) is 2.94. The number of hydrogen-bond acceptors (Lipinski definition) is 0. The van der Waals surface area contributed by atoms with Crippen LogP contribution in [0.3, 0.4) is 0 Å². The molecule has 11 heavy (non-hydrogen) atoms. The van der Waals surface area contributed by atoms with Gasteiger partial charge in [-0.3, -0.25) is 0 Å². The smallest absolute Gasteiger partial charge is 0.312 e. The fraction of sp³-hybridized carbons (Fsp3) is 0.833. The van der Waals surface area contributed by atoms with Crippen molar-refractivity contribution in [1.29, 1.82) is 0 Å². The molecular weight excluding hydrogens is 321 g/mol. The van der Waals surface area contributed by atoms with Gasteiger partial charge in [0.1, 0.15) is 0 Å². The Bertz CT molecular complexity index is 139. The summed E-state index contributed by atoms with van der Waals surface area (Å²) >= 11 is 0. The van der Waals surface area contributed by atoms with Gasteiger partial charge in [-0.15, -0.1) is 24.0 Å². The third-order valence-corrected chi connectivity index (χ3v) is 2.37. The normalized spacial score (nSPS) is 25.4. The largest absolute Gasteiger partial charge is 0.387 e. The molecule has 3 rings (SSSR count). The average molecular weight is 328 g/mol. The second-order valence-corrected chi connectivity index (χ2v) is 3.06. The standard InChI is InChI=1S/C6H6F3.HI.Zn/c7-6(8,9)5-1-4(2-5)3-5;;/h1-3H2;1H;/q-1;;. The Kier molecular flexibility index (Phi) is 3.45. The summed E-state index contributed by atoms with van der Waals surface area (Å²) < 4.78 is 35.7. The molecule has 0 spiro atoms. The zero-order valence-electron chi connectivity index (χ0n) is 5.87. The zero-order chi connectivity index (χ0) is 6.70. The molecule has 3 fully saturated rings. The van der Waals surface area contributed by atoms with Crippen molar-refractivity contribution in [3.63, 3.8) is 0 Å². The number of halogens is 4. The Labute approximate surface area is 93.1 Å². The van der Waals surface area contributed by atoms with Crippen molar-refractivity contribution in [2.75, 3.05) is 0 Å².